The van der Waals surface area contributed by atoms with Crippen LogP contribution < -0.4 is 14.8 Å². The van der Waals surface area contributed by atoms with Crippen molar-refractivity contribution in [1.82, 2.24) is 10.3 Å². The van der Waals surface area contributed by atoms with Gasteiger partial charge in [0.25, 0.3) is 5.91 Å². The first-order chi connectivity index (χ1) is 18.0. The molecule has 208 valence electrons. The van der Waals surface area contributed by atoms with Crippen LogP contribution in [-0.2, 0) is 19.1 Å². The molecule has 0 aliphatic carbocycles. The Morgan fingerprint density at radius 2 is 1.89 bits per heavy atom. The van der Waals surface area contributed by atoms with Gasteiger partial charge in [0.05, 0.1) is 19.8 Å². The van der Waals surface area contributed by atoms with Crippen LogP contribution in [0.15, 0.2) is 30.5 Å². The Hall–Kier alpha value is -3.46. The van der Waals surface area contributed by atoms with E-state index in [-0.39, 0.29) is 35.8 Å². The number of esters is 1. The first-order valence-electron chi connectivity index (χ1n) is 12.7. The fraction of sp³-hybridized carbons (Fsp3) is 0.517. The van der Waals surface area contributed by atoms with Crippen LogP contribution in [0, 0.1) is 19.8 Å². The summed E-state index contributed by atoms with van der Waals surface area (Å²) >= 11 is 0. The van der Waals surface area contributed by atoms with E-state index in [4.69, 9.17) is 18.9 Å². The molecule has 1 heterocycles. The van der Waals surface area contributed by atoms with Crippen molar-refractivity contribution >= 4 is 18.2 Å². The lowest BCUT2D eigenvalue weighted by atomic mass is 9.80. The quantitative estimate of drug-likeness (QED) is 0.216. The van der Waals surface area contributed by atoms with Gasteiger partial charge in [-0.3, -0.25) is 9.59 Å². The number of aldehydes is 1. The van der Waals surface area contributed by atoms with Crippen molar-refractivity contribution in [3.63, 3.8) is 0 Å². The van der Waals surface area contributed by atoms with E-state index in [0.29, 0.717) is 12.2 Å². The minimum absolute atomic E-state index is 0.0111. The molecule has 2 rings (SSSR count). The number of hydrogen-bond acceptors (Lipinski definition) is 8. The first-order valence-corrected chi connectivity index (χ1v) is 12.7. The van der Waals surface area contributed by atoms with Crippen LogP contribution in [0.3, 0.4) is 0 Å². The molecule has 0 saturated heterocycles. The minimum atomic E-state index is -1.34. The zero-order valence-corrected chi connectivity index (χ0v) is 23.6. The van der Waals surface area contributed by atoms with Crippen molar-refractivity contribution in [3.05, 3.63) is 52.8 Å². The van der Waals surface area contributed by atoms with E-state index in [1.807, 2.05) is 6.92 Å². The molecule has 1 aromatic carbocycles. The molecule has 1 unspecified atom stereocenters. The number of carbonyl (C=O) groups is 3. The Labute approximate surface area is 225 Å². The Kier molecular flexibility index (Phi) is 11.3. The number of nitrogens with zero attached hydrogens (tertiary/aromatic N) is 1. The third-order valence-electron chi connectivity index (χ3n) is 6.62. The van der Waals surface area contributed by atoms with Gasteiger partial charge in [0.15, 0.2) is 17.2 Å². The number of pyridine rings is 1. The first kappa shape index (κ1) is 30.8. The third-order valence-corrected chi connectivity index (χ3v) is 6.62. The summed E-state index contributed by atoms with van der Waals surface area (Å²) in [5, 5.41) is 2.71. The maximum Gasteiger partial charge on any atom is 0.305 e. The maximum atomic E-state index is 13.2. The fourth-order valence-electron chi connectivity index (χ4n) is 4.37. The van der Waals surface area contributed by atoms with Crippen molar-refractivity contribution < 1.29 is 33.3 Å². The van der Waals surface area contributed by atoms with Gasteiger partial charge in [0.1, 0.15) is 11.8 Å². The monoisotopic (exact) mass is 528 g/mol. The van der Waals surface area contributed by atoms with Gasteiger partial charge in [0.2, 0.25) is 6.79 Å². The number of ether oxygens (including phenoxy) is 4. The predicted octanol–water partition coefficient (Wildman–Crippen LogP) is 4.53. The second kappa shape index (κ2) is 13.9. The molecule has 0 fully saturated rings. The highest BCUT2D eigenvalue weighted by Crippen LogP contribution is 2.35. The zero-order chi connectivity index (χ0) is 28.5. The second-order valence-corrected chi connectivity index (χ2v) is 9.87. The molecule has 1 aromatic heterocycles. The van der Waals surface area contributed by atoms with Gasteiger partial charge in [-0.2, -0.15) is 0 Å². The highest BCUT2D eigenvalue weighted by atomic mass is 16.7. The SMILES string of the molecule is CCC(C)[C@H](c1ccc(C)cc1C)[C@H](C)OC[C@](C)(C=O)NC(=O)c1nccc(OC)c1OCOC(C)=O. The summed E-state index contributed by atoms with van der Waals surface area (Å²) in [6.07, 6.45) is 2.77. The molecule has 0 aliphatic rings. The van der Waals surface area contributed by atoms with Crippen molar-refractivity contribution in [2.24, 2.45) is 5.92 Å². The molecule has 1 amide bonds. The van der Waals surface area contributed by atoms with E-state index in [1.54, 1.807) is 6.92 Å². The lowest BCUT2D eigenvalue weighted by molar-refractivity contribution is -0.147. The number of hydrogen-bond donors (Lipinski definition) is 1. The molecular formula is C29H40N2O7. The number of methoxy groups -OCH3 is 1. The van der Waals surface area contributed by atoms with E-state index in [2.05, 4.69) is 56.2 Å². The lowest BCUT2D eigenvalue weighted by Gasteiger charge is -2.33. The normalized spacial score (nSPS) is 14.9. The van der Waals surface area contributed by atoms with Crippen LogP contribution in [0.5, 0.6) is 11.5 Å². The smallest absolute Gasteiger partial charge is 0.305 e. The topological polar surface area (TPSA) is 113 Å². The van der Waals surface area contributed by atoms with Crippen molar-refractivity contribution in [1.29, 1.82) is 0 Å². The molecule has 0 saturated carbocycles. The number of rotatable bonds is 14. The number of amides is 1. The van der Waals surface area contributed by atoms with Crippen LogP contribution in [0.2, 0.25) is 0 Å². The fourth-order valence-corrected chi connectivity index (χ4v) is 4.37. The van der Waals surface area contributed by atoms with Crippen LogP contribution in [0.4, 0.5) is 0 Å². The van der Waals surface area contributed by atoms with Gasteiger partial charge < -0.3 is 29.1 Å². The van der Waals surface area contributed by atoms with E-state index >= 15 is 0 Å². The number of benzene rings is 1. The molecule has 0 bridgehead atoms. The number of carbonyl (C=O) groups excluding carboxylic acids is 3. The second-order valence-electron chi connectivity index (χ2n) is 9.87. The summed E-state index contributed by atoms with van der Waals surface area (Å²) in [6, 6.07) is 7.91. The molecule has 1 N–H and O–H groups in total. The summed E-state index contributed by atoms with van der Waals surface area (Å²) in [6.45, 7) is 12.8. The Balaban J connectivity index is 2.22. The summed E-state index contributed by atoms with van der Waals surface area (Å²) in [4.78, 5) is 40.6. The van der Waals surface area contributed by atoms with Gasteiger partial charge in [-0.05, 0) is 44.7 Å². The maximum absolute atomic E-state index is 13.2. The van der Waals surface area contributed by atoms with Crippen LogP contribution in [-0.4, -0.2) is 55.3 Å². The highest BCUT2D eigenvalue weighted by Gasteiger charge is 2.33. The largest absolute Gasteiger partial charge is 0.493 e. The van der Waals surface area contributed by atoms with Gasteiger partial charge >= 0.3 is 5.97 Å². The average molecular weight is 529 g/mol. The highest BCUT2D eigenvalue weighted by molar-refractivity contribution is 5.97. The van der Waals surface area contributed by atoms with Gasteiger partial charge in [-0.25, -0.2) is 4.98 Å². The van der Waals surface area contributed by atoms with Crippen LogP contribution in [0.25, 0.3) is 0 Å². The van der Waals surface area contributed by atoms with Crippen LogP contribution >= 0.6 is 0 Å². The molecule has 38 heavy (non-hydrogen) atoms. The van der Waals surface area contributed by atoms with Gasteiger partial charge in [0, 0.05) is 25.1 Å². The summed E-state index contributed by atoms with van der Waals surface area (Å²) < 4.78 is 21.8. The van der Waals surface area contributed by atoms with Crippen molar-refractivity contribution in [2.75, 3.05) is 20.5 Å². The van der Waals surface area contributed by atoms with Crippen molar-refractivity contribution in [3.8, 4) is 11.5 Å². The summed E-state index contributed by atoms with van der Waals surface area (Å²) in [5.41, 5.74) is 2.14. The summed E-state index contributed by atoms with van der Waals surface area (Å²) in [7, 11) is 1.41. The summed E-state index contributed by atoms with van der Waals surface area (Å²) in [5.74, 6) is -0.562. The number of aromatic nitrogens is 1. The van der Waals surface area contributed by atoms with E-state index in [9.17, 15) is 14.4 Å². The van der Waals surface area contributed by atoms with Gasteiger partial charge in [-0.1, -0.05) is 44.0 Å². The lowest BCUT2D eigenvalue weighted by Crippen LogP contribution is -2.52. The zero-order valence-electron chi connectivity index (χ0n) is 23.6. The number of aryl methyl sites for hydroxylation is 2. The molecule has 4 atom stereocenters. The standard InChI is InChI=1S/C29H40N2O7/c1-9-19(3)25(23-11-10-18(2)14-20(23)4)21(5)36-16-29(7,15-32)31-28(34)26-27(38-17-37-22(6)33)24(35-8)12-13-30-26/h10-15,19,21,25H,9,16-17H2,1-8H3,(H,31,34)/t19?,21-,25-,29-/m0/s1. The molecule has 9 heteroatoms. The average Bonchev–Trinajstić information content (AvgIpc) is 2.88. The van der Waals surface area contributed by atoms with E-state index in [0.717, 1.165) is 6.42 Å². The molecule has 9 nitrogen and oxygen atoms in total. The minimum Gasteiger partial charge on any atom is -0.493 e. The van der Waals surface area contributed by atoms with Crippen molar-refractivity contribution in [2.45, 2.75) is 72.4 Å². The molecular weight excluding hydrogens is 488 g/mol. The molecule has 0 radical (unpaired) electrons. The Morgan fingerprint density at radius 1 is 1.18 bits per heavy atom. The third kappa shape index (κ3) is 8.02. The Bertz CT molecular complexity index is 1120. The molecule has 0 aliphatic heterocycles. The Morgan fingerprint density at radius 3 is 2.47 bits per heavy atom. The van der Waals surface area contributed by atoms with Gasteiger partial charge in [-0.15, -0.1) is 0 Å². The predicted molar refractivity (Wildman–Crippen MR) is 144 cm³/mol. The van der Waals surface area contributed by atoms with E-state index < -0.39 is 24.2 Å². The number of nitrogens with one attached hydrogen (secondary N) is 1. The molecule has 2 aromatic rings. The molecule has 0 spiro atoms. The van der Waals surface area contributed by atoms with E-state index in [1.165, 1.54) is 43.0 Å². The van der Waals surface area contributed by atoms with Crippen LogP contribution in [0.1, 0.15) is 74.1 Å².